The highest BCUT2D eigenvalue weighted by atomic mass is 19.1. The van der Waals surface area contributed by atoms with Gasteiger partial charge in [0.15, 0.2) is 5.65 Å². The van der Waals surface area contributed by atoms with Crippen molar-refractivity contribution < 1.29 is 13.9 Å². The topological polar surface area (TPSA) is 95.6 Å². The van der Waals surface area contributed by atoms with Gasteiger partial charge in [-0.05, 0) is 30.5 Å². The third-order valence-corrected chi connectivity index (χ3v) is 6.91. The van der Waals surface area contributed by atoms with E-state index in [2.05, 4.69) is 49.6 Å². The summed E-state index contributed by atoms with van der Waals surface area (Å²) >= 11 is 0. The number of ether oxygens (including phenoxy) is 1. The maximum atomic E-state index is 14.7. The molecule has 1 N–H and O–H groups in total. The number of benzene rings is 1. The minimum absolute atomic E-state index is 0.0653. The van der Waals surface area contributed by atoms with Crippen LogP contribution < -0.4 is 15.0 Å². The summed E-state index contributed by atoms with van der Waals surface area (Å²) in [5.74, 6) is 0.0595. The number of hydrogen-bond donors (Lipinski definition) is 1. The first-order chi connectivity index (χ1) is 15.9. The first-order valence-corrected chi connectivity index (χ1v) is 11.2. The molecule has 3 heterocycles. The molecule has 2 bridgehead atoms. The number of carbonyl (C=O) groups is 1. The van der Waals surface area contributed by atoms with Gasteiger partial charge in [0.1, 0.15) is 50.8 Å². The first kappa shape index (κ1) is 23.8. The lowest BCUT2D eigenvalue weighted by atomic mass is 9.26. The summed E-state index contributed by atoms with van der Waals surface area (Å²) < 4.78 is 22.4. The molecule has 34 heavy (non-hydrogen) atoms. The van der Waals surface area contributed by atoms with Crippen LogP contribution >= 0.6 is 0 Å². The molecule has 4 rings (SSSR count). The van der Waals surface area contributed by atoms with E-state index in [1.165, 1.54) is 18.3 Å². The van der Waals surface area contributed by atoms with E-state index in [1.807, 2.05) is 24.0 Å². The third kappa shape index (κ3) is 4.04. The van der Waals surface area contributed by atoms with Crippen molar-refractivity contribution in [2.75, 3.05) is 11.4 Å². The molecule has 0 aliphatic carbocycles. The van der Waals surface area contributed by atoms with Crippen molar-refractivity contribution in [2.24, 2.45) is 0 Å². The Balaban J connectivity index is 2.01. The molecule has 0 fully saturated rings. The van der Waals surface area contributed by atoms with Gasteiger partial charge < -0.3 is 15.0 Å². The second-order valence-electron chi connectivity index (χ2n) is 10.2. The Morgan fingerprint density at radius 3 is 2.68 bits per heavy atom. The average Bonchev–Trinajstić information content (AvgIpc) is 3.19. The van der Waals surface area contributed by atoms with Gasteiger partial charge in [0.25, 0.3) is 5.91 Å². The van der Waals surface area contributed by atoms with Crippen LogP contribution in [0, 0.1) is 17.1 Å². The van der Waals surface area contributed by atoms with Gasteiger partial charge in [-0.1, -0.05) is 0 Å². The number of nitriles is 1. The van der Waals surface area contributed by atoms with Crippen LogP contribution in [0.5, 0.6) is 5.75 Å². The van der Waals surface area contributed by atoms with Gasteiger partial charge in [0.05, 0.1) is 41.8 Å². The van der Waals surface area contributed by atoms with Crippen molar-refractivity contribution in [3.8, 4) is 11.8 Å². The zero-order chi connectivity index (χ0) is 24.8. The Bertz CT molecular complexity index is 1320. The Kier molecular flexibility index (Phi) is 5.92. The summed E-state index contributed by atoms with van der Waals surface area (Å²) in [6.07, 6.45) is 2.81. The van der Waals surface area contributed by atoms with E-state index in [0.29, 0.717) is 28.3 Å². The van der Waals surface area contributed by atoms with E-state index in [-0.39, 0.29) is 29.7 Å². The van der Waals surface area contributed by atoms with Crippen LogP contribution in [0.15, 0.2) is 30.6 Å². The van der Waals surface area contributed by atoms with E-state index < -0.39 is 17.3 Å². The van der Waals surface area contributed by atoms with E-state index >= 15 is 0 Å². The summed E-state index contributed by atoms with van der Waals surface area (Å²) in [6, 6.07) is 6.60. The molecule has 1 atom stereocenters. The molecule has 8 nitrogen and oxygen atoms in total. The summed E-state index contributed by atoms with van der Waals surface area (Å²) in [5, 5.41) is 16.2. The van der Waals surface area contributed by atoms with Gasteiger partial charge in [-0.2, -0.15) is 10.4 Å². The van der Waals surface area contributed by atoms with Crippen LogP contribution in [-0.2, 0) is 6.54 Å². The quantitative estimate of drug-likeness (QED) is 0.420. The molecule has 14 heteroatoms. The maximum absolute atomic E-state index is 14.7. The van der Waals surface area contributed by atoms with E-state index in [0.717, 1.165) is 0 Å². The molecule has 0 saturated carbocycles. The molecule has 1 aliphatic heterocycles. The number of aromatic nitrogens is 3. The van der Waals surface area contributed by atoms with Gasteiger partial charge in [-0.25, -0.2) is 13.9 Å². The Morgan fingerprint density at radius 2 is 2.00 bits per heavy atom. The number of rotatable bonds is 2. The number of carbonyl (C=O) groups excluding carboxylic acids is 1. The van der Waals surface area contributed by atoms with Gasteiger partial charge in [0, 0.05) is 18.3 Å². The molecule has 0 radical (unpaired) electrons. The van der Waals surface area contributed by atoms with E-state index in [4.69, 9.17) is 9.72 Å². The largest absolute Gasteiger partial charge is 0.488 e. The fourth-order valence-electron chi connectivity index (χ4n) is 3.88. The number of nitrogens with zero attached hydrogens (tertiary/aromatic N) is 5. The van der Waals surface area contributed by atoms with Crippen molar-refractivity contribution in [3.05, 3.63) is 53.1 Å². The van der Waals surface area contributed by atoms with Crippen LogP contribution in [0.1, 0.15) is 28.4 Å². The van der Waals surface area contributed by atoms with Crippen molar-refractivity contribution in [1.82, 2.24) is 19.9 Å². The van der Waals surface area contributed by atoms with Gasteiger partial charge in [-0.3, -0.25) is 4.79 Å². The zero-order valence-electron chi connectivity index (χ0n) is 20.3. The average molecular weight is 454 g/mol. The predicted molar refractivity (Wildman–Crippen MR) is 141 cm³/mol. The van der Waals surface area contributed by atoms with Gasteiger partial charge >= 0.3 is 0 Å². The Hall–Kier alpha value is -3.35. The standard InChI is InChI=1S/C20H24B5FN6O2/c1-10-7-28-18(33)12-8-29-32-5-4-16(30-17(12)32)31(20(24,25)19(21,22)23)9-13-11(6-27)14(26)2-3-15(13)34-10/h2-5,8,10H,7,9,21-25H2,1H3,(H,28,33)/t10-/m0/s1. The molecule has 3 aromatic rings. The highest BCUT2D eigenvalue weighted by molar-refractivity contribution is 6.67. The first-order valence-electron chi connectivity index (χ1n) is 11.2. The predicted octanol–water partition coefficient (Wildman–Crippen LogP) is -2.85. The highest BCUT2D eigenvalue weighted by Gasteiger charge is 2.39. The number of anilines is 1. The third-order valence-electron chi connectivity index (χ3n) is 6.91. The zero-order valence-corrected chi connectivity index (χ0v) is 20.3. The number of amides is 1. The van der Waals surface area contributed by atoms with Crippen LogP contribution in [0.3, 0.4) is 0 Å². The van der Waals surface area contributed by atoms with E-state index in [1.54, 1.807) is 10.7 Å². The monoisotopic (exact) mass is 454 g/mol. The van der Waals surface area contributed by atoms with Gasteiger partial charge in [-0.15, -0.1) is 5.11 Å². The molecule has 0 unspecified atom stereocenters. The van der Waals surface area contributed by atoms with Crippen LogP contribution in [-0.4, -0.2) is 77.7 Å². The summed E-state index contributed by atoms with van der Waals surface area (Å²) in [6.45, 7) is 2.20. The number of nitrogens with one attached hydrogen (secondary N) is 1. The Labute approximate surface area is 202 Å². The summed E-state index contributed by atoms with van der Waals surface area (Å²) in [5.41, 5.74) is 1.14. The SMILES string of the molecule is BC(B)(B)C(B)(B)N1Cc2c(ccc(F)c2C#N)O[C@@H](C)CNC(=O)c2cnn3ccc1nc23. The van der Waals surface area contributed by atoms with E-state index in [9.17, 15) is 14.4 Å². The molecule has 1 amide bonds. The van der Waals surface area contributed by atoms with Crippen molar-refractivity contribution in [1.29, 1.82) is 5.26 Å². The fourth-order valence-corrected chi connectivity index (χ4v) is 3.88. The molecule has 168 valence electrons. The Morgan fingerprint density at radius 1 is 1.26 bits per heavy atom. The smallest absolute Gasteiger partial charge is 0.256 e. The number of fused-ring (bicyclic) bond motifs is 2. The molecular formula is C20H24B5FN6O2. The molecule has 1 aromatic carbocycles. The summed E-state index contributed by atoms with van der Waals surface area (Å²) in [4.78, 5) is 19.8. The lowest BCUT2D eigenvalue weighted by Crippen LogP contribution is -2.59. The minimum atomic E-state index is -0.606. The second-order valence-corrected chi connectivity index (χ2v) is 10.2. The number of halogens is 1. The number of hydrogen-bond acceptors (Lipinski definition) is 6. The van der Waals surface area contributed by atoms with Crippen molar-refractivity contribution >= 4 is 56.6 Å². The molecule has 1 aliphatic rings. The summed E-state index contributed by atoms with van der Waals surface area (Å²) in [7, 11) is 10.5. The minimum Gasteiger partial charge on any atom is -0.488 e. The van der Waals surface area contributed by atoms with Crippen molar-refractivity contribution in [3.63, 3.8) is 0 Å². The molecule has 0 saturated heterocycles. The molecule has 0 spiro atoms. The van der Waals surface area contributed by atoms with Crippen LogP contribution in [0.4, 0.5) is 10.2 Å². The van der Waals surface area contributed by atoms with Gasteiger partial charge in [0.2, 0.25) is 0 Å². The lowest BCUT2D eigenvalue weighted by molar-refractivity contribution is 0.0933. The highest BCUT2D eigenvalue weighted by Crippen LogP contribution is 2.36. The second kappa shape index (κ2) is 8.46. The normalized spacial score (nSPS) is 17.0. The van der Waals surface area contributed by atoms with Crippen molar-refractivity contribution in [2.45, 2.75) is 30.0 Å². The molecule has 2 aromatic heterocycles. The van der Waals surface area contributed by atoms with Crippen LogP contribution in [0.2, 0.25) is 5.11 Å². The van der Waals surface area contributed by atoms with Crippen LogP contribution in [0.25, 0.3) is 5.65 Å². The maximum Gasteiger partial charge on any atom is 0.256 e. The lowest BCUT2D eigenvalue weighted by Gasteiger charge is -2.50. The molecular weight excluding hydrogens is 429 g/mol. The fraction of sp³-hybridized carbons (Fsp3) is 0.300.